The van der Waals surface area contributed by atoms with Gasteiger partial charge in [0.1, 0.15) is 12.4 Å². The summed E-state index contributed by atoms with van der Waals surface area (Å²) in [7, 11) is 0. The first-order valence-corrected chi connectivity index (χ1v) is 6.76. The van der Waals surface area contributed by atoms with Crippen LogP contribution in [-0.4, -0.2) is 26.7 Å². The van der Waals surface area contributed by atoms with E-state index in [-0.39, 0.29) is 11.9 Å². The van der Waals surface area contributed by atoms with Crippen molar-refractivity contribution in [3.8, 4) is 0 Å². The van der Waals surface area contributed by atoms with Crippen LogP contribution in [0, 0.1) is 0 Å². The molecule has 1 aromatic heterocycles. The predicted octanol–water partition coefficient (Wildman–Crippen LogP) is 0.951. The summed E-state index contributed by atoms with van der Waals surface area (Å²) in [4.78, 5) is 12.2. The van der Waals surface area contributed by atoms with E-state index < -0.39 is 0 Å². The van der Waals surface area contributed by atoms with Crippen LogP contribution in [0.3, 0.4) is 0 Å². The van der Waals surface area contributed by atoms with Gasteiger partial charge >= 0.3 is 0 Å². The van der Waals surface area contributed by atoms with Gasteiger partial charge in [-0.1, -0.05) is 18.2 Å². The highest BCUT2D eigenvalue weighted by Crippen LogP contribution is 2.25. The Hall–Kier alpha value is -2.37. The summed E-state index contributed by atoms with van der Waals surface area (Å²) in [5.74, 6) is 0.767. The number of fused-ring (bicyclic) bond motifs is 1. The van der Waals surface area contributed by atoms with Crippen molar-refractivity contribution in [3.05, 3.63) is 42.0 Å². The third-order valence-electron chi connectivity index (χ3n) is 3.54. The van der Waals surface area contributed by atoms with Gasteiger partial charge in [-0.3, -0.25) is 4.79 Å². The number of hydrogen-bond acceptors (Lipinski definition) is 4. The highest BCUT2D eigenvalue weighted by Gasteiger charge is 2.26. The van der Waals surface area contributed by atoms with Gasteiger partial charge in [0.25, 0.3) is 0 Å². The minimum atomic E-state index is -0.203. The Morgan fingerprint density at radius 3 is 3.15 bits per heavy atom. The van der Waals surface area contributed by atoms with E-state index in [1.807, 2.05) is 35.8 Å². The molecule has 0 saturated heterocycles. The molecule has 0 radical (unpaired) electrons. The number of nitrogens with one attached hydrogen (secondary N) is 2. The van der Waals surface area contributed by atoms with Crippen LogP contribution in [0.1, 0.15) is 18.3 Å². The number of benzene rings is 1. The molecular formula is C14H17N5O. The van der Waals surface area contributed by atoms with E-state index in [0.717, 1.165) is 24.5 Å². The Kier molecular flexibility index (Phi) is 3.37. The monoisotopic (exact) mass is 271 g/mol. The molecule has 2 aromatic rings. The molecule has 20 heavy (non-hydrogen) atoms. The van der Waals surface area contributed by atoms with Crippen LogP contribution in [0.25, 0.3) is 0 Å². The van der Waals surface area contributed by atoms with E-state index in [9.17, 15) is 4.79 Å². The van der Waals surface area contributed by atoms with Crippen molar-refractivity contribution < 1.29 is 4.79 Å². The molecule has 2 N–H and O–H groups in total. The maximum Gasteiger partial charge on any atom is 0.243 e. The standard InChI is InChI=1S/C14H17N5O/c1-2-19-9-16-18-13(19)8-15-14(20)12-7-10-5-3-4-6-11(10)17-12/h3-6,9,12,17H,2,7-8H2,1H3,(H,15,20)/t12-/m0/s1. The highest BCUT2D eigenvalue weighted by atomic mass is 16.2. The van der Waals surface area contributed by atoms with Gasteiger partial charge in [0.2, 0.25) is 5.91 Å². The van der Waals surface area contributed by atoms with Gasteiger partial charge in [-0.05, 0) is 18.6 Å². The van der Waals surface area contributed by atoms with Crippen LogP contribution >= 0.6 is 0 Å². The maximum atomic E-state index is 12.2. The van der Waals surface area contributed by atoms with E-state index in [1.165, 1.54) is 5.56 Å². The van der Waals surface area contributed by atoms with Crippen LogP contribution < -0.4 is 10.6 Å². The number of nitrogens with zero attached hydrogens (tertiary/aromatic N) is 3. The first kappa shape index (κ1) is 12.7. The van der Waals surface area contributed by atoms with Crippen molar-refractivity contribution in [1.29, 1.82) is 0 Å². The molecule has 1 atom stereocenters. The molecule has 6 nitrogen and oxygen atoms in total. The Bertz CT molecular complexity index is 597. The number of rotatable bonds is 4. The Balaban J connectivity index is 1.59. The number of aromatic nitrogens is 3. The number of anilines is 1. The van der Waals surface area contributed by atoms with Crippen molar-refractivity contribution in [2.75, 3.05) is 5.32 Å². The first-order chi connectivity index (χ1) is 9.78. The van der Waals surface area contributed by atoms with E-state index in [4.69, 9.17) is 0 Å². The van der Waals surface area contributed by atoms with Crippen molar-refractivity contribution in [2.24, 2.45) is 0 Å². The lowest BCUT2D eigenvalue weighted by Gasteiger charge is -2.12. The summed E-state index contributed by atoms with van der Waals surface area (Å²) in [5.41, 5.74) is 2.23. The summed E-state index contributed by atoms with van der Waals surface area (Å²) in [5, 5.41) is 14.0. The minimum Gasteiger partial charge on any atom is -0.373 e. The first-order valence-electron chi connectivity index (χ1n) is 6.76. The highest BCUT2D eigenvalue weighted by molar-refractivity contribution is 5.87. The SMILES string of the molecule is CCn1cnnc1CNC(=O)[C@@H]1Cc2ccccc2N1. The smallest absolute Gasteiger partial charge is 0.243 e. The topological polar surface area (TPSA) is 71.8 Å². The van der Waals surface area contributed by atoms with Crippen molar-refractivity contribution in [3.63, 3.8) is 0 Å². The lowest BCUT2D eigenvalue weighted by atomic mass is 10.1. The Morgan fingerprint density at radius 2 is 2.35 bits per heavy atom. The van der Waals surface area contributed by atoms with Crippen molar-refractivity contribution >= 4 is 11.6 Å². The summed E-state index contributed by atoms with van der Waals surface area (Å²) < 4.78 is 1.91. The van der Waals surface area contributed by atoms with Gasteiger partial charge in [-0.2, -0.15) is 0 Å². The van der Waals surface area contributed by atoms with Crippen LogP contribution in [0.4, 0.5) is 5.69 Å². The zero-order valence-corrected chi connectivity index (χ0v) is 11.3. The van der Waals surface area contributed by atoms with E-state index in [1.54, 1.807) is 6.33 Å². The fraction of sp³-hybridized carbons (Fsp3) is 0.357. The van der Waals surface area contributed by atoms with Crippen LogP contribution in [0.5, 0.6) is 0 Å². The summed E-state index contributed by atoms with van der Waals surface area (Å²) >= 11 is 0. The maximum absolute atomic E-state index is 12.2. The molecule has 2 heterocycles. The predicted molar refractivity (Wildman–Crippen MR) is 75.1 cm³/mol. The molecule has 0 saturated carbocycles. The second kappa shape index (κ2) is 5.32. The van der Waals surface area contributed by atoms with Crippen molar-refractivity contribution in [2.45, 2.75) is 32.5 Å². The zero-order valence-electron chi connectivity index (χ0n) is 11.3. The fourth-order valence-electron chi connectivity index (χ4n) is 2.43. The van der Waals surface area contributed by atoms with Crippen LogP contribution in [0.2, 0.25) is 0 Å². The van der Waals surface area contributed by atoms with E-state index in [2.05, 4.69) is 20.8 Å². The number of carbonyl (C=O) groups excluding carboxylic acids is 1. The molecule has 0 bridgehead atoms. The van der Waals surface area contributed by atoms with Gasteiger partial charge in [0.15, 0.2) is 5.82 Å². The molecule has 6 heteroatoms. The molecule has 104 valence electrons. The second-order valence-electron chi connectivity index (χ2n) is 4.81. The molecule has 0 spiro atoms. The summed E-state index contributed by atoms with van der Waals surface area (Å²) in [6.45, 7) is 3.22. The van der Waals surface area contributed by atoms with Crippen molar-refractivity contribution in [1.82, 2.24) is 20.1 Å². The van der Waals surface area contributed by atoms with Gasteiger partial charge in [0.05, 0.1) is 6.54 Å². The third kappa shape index (κ3) is 2.36. The van der Waals surface area contributed by atoms with Gasteiger partial charge in [-0.25, -0.2) is 0 Å². The number of carbonyl (C=O) groups is 1. The quantitative estimate of drug-likeness (QED) is 0.868. The molecule has 0 fully saturated rings. The zero-order chi connectivity index (χ0) is 13.9. The normalized spacial score (nSPS) is 16.6. The minimum absolute atomic E-state index is 0.00754. The number of amides is 1. The molecule has 1 aliphatic rings. The van der Waals surface area contributed by atoms with Gasteiger partial charge in [0, 0.05) is 18.7 Å². The Morgan fingerprint density at radius 1 is 1.50 bits per heavy atom. The number of hydrogen-bond donors (Lipinski definition) is 2. The lowest BCUT2D eigenvalue weighted by molar-refractivity contribution is -0.121. The van der Waals surface area contributed by atoms with E-state index >= 15 is 0 Å². The number of para-hydroxylation sites is 1. The van der Waals surface area contributed by atoms with Crippen LogP contribution in [0.15, 0.2) is 30.6 Å². The summed E-state index contributed by atoms with van der Waals surface area (Å²) in [6.07, 6.45) is 2.40. The number of aryl methyl sites for hydroxylation is 1. The average Bonchev–Trinajstić information content (AvgIpc) is 3.10. The van der Waals surface area contributed by atoms with Gasteiger partial charge in [-0.15, -0.1) is 10.2 Å². The molecule has 3 rings (SSSR count). The molecule has 1 aromatic carbocycles. The molecule has 1 amide bonds. The fourth-order valence-corrected chi connectivity index (χ4v) is 2.43. The molecule has 0 aliphatic carbocycles. The molecule has 0 unspecified atom stereocenters. The second-order valence-corrected chi connectivity index (χ2v) is 4.81. The third-order valence-corrected chi connectivity index (χ3v) is 3.54. The van der Waals surface area contributed by atoms with Gasteiger partial charge < -0.3 is 15.2 Å². The van der Waals surface area contributed by atoms with Crippen LogP contribution in [-0.2, 0) is 24.3 Å². The largest absolute Gasteiger partial charge is 0.373 e. The molecular weight excluding hydrogens is 254 g/mol. The Labute approximate surface area is 117 Å². The lowest BCUT2D eigenvalue weighted by Crippen LogP contribution is -2.38. The summed E-state index contributed by atoms with van der Waals surface area (Å²) in [6, 6.07) is 7.80. The average molecular weight is 271 g/mol. The molecule has 1 aliphatic heterocycles. The van der Waals surface area contributed by atoms with E-state index in [0.29, 0.717) is 6.54 Å².